The Morgan fingerprint density at radius 2 is 1.83 bits per heavy atom. The molecule has 0 aromatic carbocycles. The standard InChI is InChI=1S/C16H27N5O2/c1-3-11(2)18-9-19-14-13(17-15(19)22)21(16(23)20(14)10-18)12-7-5-4-6-8-12/h11-14H,3-10H2,1-2H3,(H,17,22)/t11-,13+,14-/m0/s1. The fourth-order valence-electron chi connectivity index (χ4n) is 4.51. The van der Waals surface area contributed by atoms with E-state index in [4.69, 9.17) is 0 Å². The largest absolute Gasteiger partial charge is 0.324 e. The molecule has 3 saturated heterocycles. The van der Waals surface area contributed by atoms with Crippen LogP contribution in [0.5, 0.6) is 0 Å². The minimum atomic E-state index is -0.169. The third kappa shape index (κ3) is 2.20. The molecule has 0 bridgehead atoms. The van der Waals surface area contributed by atoms with Gasteiger partial charge in [0.05, 0.1) is 13.3 Å². The van der Waals surface area contributed by atoms with E-state index in [2.05, 4.69) is 24.1 Å². The Hall–Kier alpha value is -1.50. The van der Waals surface area contributed by atoms with Crippen LogP contribution >= 0.6 is 0 Å². The third-order valence-corrected chi connectivity index (χ3v) is 6.07. The van der Waals surface area contributed by atoms with E-state index >= 15 is 0 Å². The van der Waals surface area contributed by atoms with Crippen molar-refractivity contribution in [2.45, 2.75) is 76.8 Å². The van der Waals surface area contributed by atoms with Crippen LogP contribution in [0.2, 0.25) is 0 Å². The number of nitrogens with zero attached hydrogens (tertiary/aromatic N) is 4. The summed E-state index contributed by atoms with van der Waals surface area (Å²) in [5.41, 5.74) is 0. The fraction of sp³-hybridized carbons (Fsp3) is 0.875. The molecule has 0 radical (unpaired) electrons. The topological polar surface area (TPSA) is 59.1 Å². The van der Waals surface area contributed by atoms with Gasteiger partial charge in [-0.1, -0.05) is 26.2 Å². The molecular formula is C16H27N5O2. The van der Waals surface area contributed by atoms with E-state index in [1.807, 2.05) is 14.7 Å². The molecule has 128 valence electrons. The first-order valence-corrected chi connectivity index (χ1v) is 9.02. The maximum atomic E-state index is 13.0. The van der Waals surface area contributed by atoms with Crippen LogP contribution in [0.3, 0.4) is 0 Å². The molecule has 4 fully saturated rings. The molecule has 1 N–H and O–H groups in total. The molecule has 3 atom stereocenters. The monoisotopic (exact) mass is 321 g/mol. The van der Waals surface area contributed by atoms with Crippen molar-refractivity contribution in [1.82, 2.24) is 24.9 Å². The molecule has 1 saturated carbocycles. The number of nitrogens with one attached hydrogen (secondary N) is 1. The predicted molar refractivity (Wildman–Crippen MR) is 85.2 cm³/mol. The molecule has 3 aliphatic heterocycles. The van der Waals surface area contributed by atoms with E-state index in [0.29, 0.717) is 19.4 Å². The summed E-state index contributed by atoms with van der Waals surface area (Å²) in [5.74, 6) is 0. The van der Waals surface area contributed by atoms with Gasteiger partial charge in [-0.15, -0.1) is 0 Å². The zero-order chi connectivity index (χ0) is 16.1. The number of hydrogen-bond donors (Lipinski definition) is 1. The zero-order valence-corrected chi connectivity index (χ0v) is 14.1. The molecule has 0 aromatic rings. The van der Waals surface area contributed by atoms with Gasteiger partial charge in [-0.05, 0) is 26.2 Å². The van der Waals surface area contributed by atoms with E-state index in [0.717, 1.165) is 19.3 Å². The van der Waals surface area contributed by atoms with Crippen molar-refractivity contribution in [2.24, 2.45) is 0 Å². The van der Waals surface area contributed by atoms with Gasteiger partial charge in [0, 0.05) is 12.1 Å². The summed E-state index contributed by atoms with van der Waals surface area (Å²) in [6, 6.07) is 0.708. The summed E-state index contributed by atoms with van der Waals surface area (Å²) in [5, 5.41) is 3.07. The van der Waals surface area contributed by atoms with Crippen LogP contribution in [0.25, 0.3) is 0 Å². The van der Waals surface area contributed by atoms with Crippen molar-refractivity contribution < 1.29 is 9.59 Å². The van der Waals surface area contributed by atoms with E-state index < -0.39 is 0 Å². The van der Waals surface area contributed by atoms with Crippen LogP contribution in [-0.2, 0) is 0 Å². The number of hydrogen-bond acceptors (Lipinski definition) is 3. The molecule has 23 heavy (non-hydrogen) atoms. The third-order valence-electron chi connectivity index (χ3n) is 6.07. The molecule has 0 spiro atoms. The van der Waals surface area contributed by atoms with Gasteiger partial charge in [-0.2, -0.15) is 0 Å². The van der Waals surface area contributed by atoms with Crippen molar-refractivity contribution in [3.63, 3.8) is 0 Å². The smallest absolute Gasteiger partial charge is 0.314 e. The first-order chi connectivity index (χ1) is 11.1. The van der Waals surface area contributed by atoms with Crippen molar-refractivity contribution in [2.75, 3.05) is 13.3 Å². The quantitative estimate of drug-likeness (QED) is 0.862. The normalized spacial score (nSPS) is 33.2. The van der Waals surface area contributed by atoms with E-state index in [1.54, 1.807) is 0 Å². The Labute approximate surface area is 137 Å². The summed E-state index contributed by atoms with van der Waals surface area (Å²) < 4.78 is 0. The molecule has 7 heteroatoms. The highest BCUT2D eigenvalue weighted by atomic mass is 16.2. The average Bonchev–Trinajstić information content (AvgIpc) is 3.05. The first-order valence-electron chi connectivity index (χ1n) is 9.02. The number of urea groups is 2. The van der Waals surface area contributed by atoms with E-state index in [-0.39, 0.29) is 30.4 Å². The summed E-state index contributed by atoms with van der Waals surface area (Å²) in [4.78, 5) is 33.4. The van der Waals surface area contributed by atoms with Crippen molar-refractivity contribution in [1.29, 1.82) is 0 Å². The molecule has 0 unspecified atom stereocenters. The fourth-order valence-corrected chi connectivity index (χ4v) is 4.51. The van der Waals surface area contributed by atoms with Gasteiger partial charge in [0.1, 0.15) is 6.17 Å². The van der Waals surface area contributed by atoms with Crippen LogP contribution in [0.4, 0.5) is 9.59 Å². The Morgan fingerprint density at radius 1 is 1.13 bits per heavy atom. The molecule has 7 nitrogen and oxygen atoms in total. The lowest BCUT2D eigenvalue weighted by atomic mass is 9.94. The van der Waals surface area contributed by atoms with E-state index in [9.17, 15) is 9.59 Å². The summed E-state index contributed by atoms with van der Waals surface area (Å²) >= 11 is 0. The van der Waals surface area contributed by atoms with Gasteiger partial charge in [-0.25, -0.2) is 9.59 Å². The van der Waals surface area contributed by atoms with Crippen LogP contribution in [0, 0.1) is 0 Å². The number of carbonyl (C=O) groups is 2. The Balaban J connectivity index is 1.61. The molecule has 1 aliphatic carbocycles. The second-order valence-corrected chi connectivity index (χ2v) is 7.36. The lowest BCUT2D eigenvalue weighted by molar-refractivity contribution is -0.0291. The summed E-state index contributed by atoms with van der Waals surface area (Å²) in [6.45, 7) is 5.54. The lowest BCUT2D eigenvalue weighted by Crippen LogP contribution is -2.61. The second-order valence-electron chi connectivity index (χ2n) is 7.36. The average molecular weight is 321 g/mol. The SMILES string of the molecule is CC[C@H](C)N1CN2C(=O)N[C@H]3[C@@H]2N(C1)C(=O)N3C1CCCCC1. The maximum Gasteiger partial charge on any atom is 0.324 e. The van der Waals surface area contributed by atoms with Crippen molar-refractivity contribution in [3.05, 3.63) is 0 Å². The highest BCUT2D eigenvalue weighted by Gasteiger charge is 2.59. The number of amides is 4. The molecule has 4 aliphatic rings. The van der Waals surface area contributed by atoms with Gasteiger partial charge in [0.2, 0.25) is 0 Å². The summed E-state index contributed by atoms with van der Waals surface area (Å²) in [7, 11) is 0. The highest BCUT2D eigenvalue weighted by molar-refractivity contribution is 5.85. The van der Waals surface area contributed by atoms with E-state index in [1.165, 1.54) is 19.3 Å². The lowest BCUT2D eigenvalue weighted by Gasteiger charge is -2.43. The Morgan fingerprint density at radius 3 is 2.52 bits per heavy atom. The second kappa shape index (κ2) is 5.54. The molecule has 4 rings (SSSR count). The molecule has 3 heterocycles. The van der Waals surface area contributed by atoms with Crippen LogP contribution in [-0.4, -0.2) is 69.4 Å². The highest BCUT2D eigenvalue weighted by Crippen LogP contribution is 2.37. The van der Waals surface area contributed by atoms with Gasteiger partial charge < -0.3 is 5.32 Å². The number of carbonyl (C=O) groups excluding carboxylic acids is 2. The van der Waals surface area contributed by atoms with Crippen LogP contribution in [0.1, 0.15) is 52.4 Å². The minimum Gasteiger partial charge on any atom is -0.314 e. The zero-order valence-electron chi connectivity index (χ0n) is 14.1. The van der Waals surface area contributed by atoms with Gasteiger partial charge >= 0.3 is 12.1 Å². The first kappa shape index (κ1) is 15.1. The Kier molecular flexibility index (Phi) is 3.63. The van der Waals surface area contributed by atoms with Gasteiger partial charge in [0.15, 0.2) is 6.17 Å². The predicted octanol–water partition coefficient (Wildman–Crippen LogP) is 1.76. The number of rotatable bonds is 3. The minimum absolute atomic E-state index is 0.0358. The van der Waals surface area contributed by atoms with Crippen molar-refractivity contribution in [3.8, 4) is 0 Å². The summed E-state index contributed by atoms with van der Waals surface area (Å²) in [6.07, 6.45) is 6.47. The van der Waals surface area contributed by atoms with Crippen molar-refractivity contribution >= 4 is 12.1 Å². The molecule has 4 amide bonds. The van der Waals surface area contributed by atoms with Gasteiger partial charge in [0.25, 0.3) is 0 Å². The van der Waals surface area contributed by atoms with Gasteiger partial charge in [-0.3, -0.25) is 19.6 Å². The Bertz CT molecular complexity index is 507. The molecular weight excluding hydrogens is 294 g/mol. The molecule has 0 aromatic heterocycles. The van der Waals surface area contributed by atoms with Crippen LogP contribution in [0.15, 0.2) is 0 Å². The maximum absolute atomic E-state index is 13.0. The van der Waals surface area contributed by atoms with Crippen LogP contribution < -0.4 is 5.32 Å².